The van der Waals surface area contributed by atoms with Crippen molar-refractivity contribution in [3.05, 3.63) is 22.9 Å². The quantitative estimate of drug-likeness (QED) is 0.306. The Morgan fingerprint density at radius 1 is 1.21 bits per heavy atom. The Kier molecular flexibility index (Phi) is 7.64. The molecular weight excluding hydrogens is 420 g/mol. The van der Waals surface area contributed by atoms with Crippen LogP contribution in [0.5, 0.6) is 0 Å². The lowest BCUT2D eigenvalue weighted by molar-refractivity contribution is -0.125. The van der Waals surface area contributed by atoms with E-state index >= 15 is 0 Å². The molecular formula is C24H40N6O3. The minimum atomic E-state index is 0.00140. The van der Waals surface area contributed by atoms with Crippen molar-refractivity contribution in [2.75, 3.05) is 46.1 Å². The van der Waals surface area contributed by atoms with Crippen LogP contribution in [-0.4, -0.2) is 80.3 Å². The third-order valence-electron chi connectivity index (χ3n) is 8.17. The molecule has 5 rings (SSSR count). The third-order valence-corrected chi connectivity index (χ3v) is 8.17. The van der Waals surface area contributed by atoms with E-state index in [1.807, 2.05) is 0 Å². The summed E-state index contributed by atoms with van der Waals surface area (Å²) in [7, 11) is 0. The second-order valence-electron chi connectivity index (χ2n) is 10.0. The summed E-state index contributed by atoms with van der Waals surface area (Å²) >= 11 is 0. The molecule has 0 aromatic carbocycles. The van der Waals surface area contributed by atoms with Crippen molar-refractivity contribution < 1.29 is 14.6 Å². The molecule has 9 heteroatoms. The lowest BCUT2D eigenvalue weighted by Crippen LogP contribution is -2.63. The van der Waals surface area contributed by atoms with Crippen LogP contribution < -0.4 is 26.8 Å². The van der Waals surface area contributed by atoms with Gasteiger partial charge < -0.3 is 20.6 Å². The van der Waals surface area contributed by atoms with E-state index in [1.54, 1.807) is 11.1 Å². The van der Waals surface area contributed by atoms with E-state index in [9.17, 15) is 4.79 Å². The SMILES string of the molecule is O=C(NCCO)[C@@H]1CC=C([C@H]2CCC3=C(C2)[C@H]([C@H]2C[C@@H](N4CCOCC4)NCN2)NN3)CC1. The molecule has 0 saturated carbocycles. The molecule has 6 N–H and O–H groups in total. The van der Waals surface area contributed by atoms with Crippen molar-refractivity contribution in [1.82, 2.24) is 31.7 Å². The first-order valence-corrected chi connectivity index (χ1v) is 12.8. The zero-order valence-electron chi connectivity index (χ0n) is 19.6. The fourth-order valence-electron chi connectivity index (χ4n) is 6.26. The van der Waals surface area contributed by atoms with Gasteiger partial charge in [0.25, 0.3) is 0 Å². The van der Waals surface area contributed by atoms with Gasteiger partial charge in [-0.3, -0.25) is 20.3 Å². The minimum Gasteiger partial charge on any atom is -0.395 e. The predicted octanol–water partition coefficient (Wildman–Crippen LogP) is -0.0807. The van der Waals surface area contributed by atoms with E-state index in [2.05, 4.69) is 37.8 Å². The second kappa shape index (κ2) is 10.8. The zero-order chi connectivity index (χ0) is 22.6. The Bertz CT molecular complexity index is 765. The van der Waals surface area contributed by atoms with Gasteiger partial charge in [0.2, 0.25) is 5.91 Å². The zero-order valence-corrected chi connectivity index (χ0v) is 19.6. The molecule has 0 bridgehead atoms. The summed E-state index contributed by atoms with van der Waals surface area (Å²) in [6.07, 6.45) is 9.97. The third kappa shape index (κ3) is 5.28. The van der Waals surface area contributed by atoms with Crippen LogP contribution in [0.15, 0.2) is 22.9 Å². The number of hydrogen-bond donors (Lipinski definition) is 6. The van der Waals surface area contributed by atoms with Crippen LogP contribution in [0.2, 0.25) is 0 Å². The van der Waals surface area contributed by atoms with Gasteiger partial charge in [-0.15, -0.1) is 0 Å². The maximum absolute atomic E-state index is 12.3. The van der Waals surface area contributed by atoms with Crippen LogP contribution in [0.3, 0.4) is 0 Å². The van der Waals surface area contributed by atoms with E-state index < -0.39 is 0 Å². The summed E-state index contributed by atoms with van der Waals surface area (Å²) < 4.78 is 5.54. The average molecular weight is 461 g/mol. The summed E-state index contributed by atoms with van der Waals surface area (Å²) in [4.78, 5) is 14.8. The highest BCUT2D eigenvalue weighted by Crippen LogP contribution is 2.41. The fraction of sp³-hybridized carbons (Fsp3) is 0.792. The molecule has 33 heavy (non-hydrogen) atoms. The number of morpholine rings is 1. The first-order chi connectivity index (χ1) is 16.2. The second-order valence-corrected chi connectivity index (χ2v) is 10.0. The number of hydrazine groups is 1. The van der Waals surface area contributed by atoms with Gasteiger partial charge in [0.15, 0.2) is 0 Å². The average Bonchev–Trinajstić information content (AvgIpc) is 3.31. The number of amides is 1. The van der Waals surface area contributed by atoms with Crippen LogP contribution in [0.4, 0.5) is 0 Å². The van der Waals surface area contributed by atoms with Crippen molar-refractivity contribution >= 4 is 5.91 Å². The van der Waals surface area contributed by atoms with Crippen LogP contribution in [-0.2, 0) is 9.53 Å². The molecule has 2 saturated heterocycles. The molecule has 3 heterocycles. The molecule has 5 aliphatic rings. The lowest BCUT2D eigenvalue weighted by Gasteiger charge is -2.42. The molecule has 2 fully saturated rings. The summed E-state index contributed by atoms with van der Waals surface area (Å²) in [5, 5.41) is 19.1. The van der Waals surface area contributed by atoms with E-state index in [1.165, 1.54) is 12.1 Å². The van der Waals surface area contributed by atoms with Crippen molar-refractivity contribution in [3.8, 4) is 0 Å². The molecule has 0 aromatic heterocycles. The highest BCUT2D eigenvalue weighted by Gasteiger charge is 2.39. The first kappa shape index (κ1) is 23.3. The Hall–Kier alpha value is -1.49. The summed E-state index contributed by atoms with van der Waals surface area (Å²) in [6, 6.07) is 0.729. The van der Waals surface area contributed by atoms with Crippen LogP contribution >= 0.6 is 0 Å². The molecule has 5 atom stereocenters. The smallest absolute Gasteiger partial charge is 0.223 e. The standard InChI is InChI=1S/C24H40N6O3/c31-10-7-25-24(32)17-3-1-16(2-4-17)18-5-6-20-19(13-18)23(29-28-20)21-14-22(27-15-26-21)30-8-11-33-12-9-30/h1,17-18,21-23,26-29,31H,2-15H2,(H,25,32)/t17-,18+,21-,22-,23-/m1/s1. The molecule has 0 radical (unpaired) electrons. The van der Waals surface area contributed by atoms with Gasteiger partial charge in [-0.25, -0.2) is 5.43 Å². The number of nitrogens with zero attached hydrogens (tertiary/aromatic N) is 1. The summed E-state index contributed by atoms with van der Waals surface area (Å²) in [5.41, 5.74) is 11.6. The molecule has 2 aliphatic carbocycles. The van der Waals surface area contributed by atoms with Crippen molar-refractivity contribution in [3.63, 3.8) is 0 Å². The summed E-state index contributed by atoms with van der Waals surface area (Å²) in [5.74, 6) is 0.729. The van der Waals surface area contributed by atoms with E-state index in [0.29, 0.717) is 30.7 Å². The van der Waals surface area contributed by atoms with Crippen LogP contribution in [0, 0.1) is 11.8 Å². The van der Waals surface area contributed by atoms with Gasteiger partial charge in [0, 0.05) is 44.0 Å². The summed E-state index contributed by atoms with van der Waals surface area (Å²) in [6.45, 7) is 4.85. The van der Waals surface area contributed by atoms with Gasteiger partial charge in [-0.05, 0) is 56.4 Å². The highest BCUT2D eigenvalue weighted by molar-refractivity contribution is 5.79. The monoisotopic (exact) mass is 460 g/mol. The molecule has 0 unspecified atom stereocenters. The fourth-order valence-corrected chi connectivity index (χ4v) is 6.26. The lowest BCUT2D eigenvalue weighted by atomic mass is 9.74. The number of nitrogens with one attached hydrogen (secondary N) is 5. The Morgan fingerprint density at radius 3 is 2.88 bits per heavy atom. The van der Waals surface area contributed by atoms with Gasteiger partial charge >= 0.3 is 0 Å². The molecule has 9 nitrogen and oxygen atoms in total. The van der Waals surface area contributed by atoms with Gasteiger partial charge in [-0.1, -0.05) is 11.6 Å². The number of hydrogen-bond acceptors (Lipinski definition) is 8. The normalized spacial score (nSPS) is 35.5. The van der Waals surface area contributed by atoms with Crippen molar-refractivity contribution in [2.45, 2.75) is 63.2 Å². The number of carbonyl (C=O) groups is 1. The number of rotatable bonds is 6. The molecule has 0 spiro atoms. The van der Waals surface area contributed by atoms with Gasteiger partial charge in [-0.2, -0.15) is 0 Å². The van der Waals surface area contributed by atoms with Crippen molar-refractivity contribution in [1.29, 1.82) is 0 Å². The van der Waals surface area contributed by atoms with E-state index in [4.69, 9.17) is 9.84 Å². The van der Waals surface area contributed by atoms with Crippen LogP contribution in [0.25, 0.3) is 0 Å². The number of aliphatic hydroxyl groups excluding tert-OH is 1. The van der Waals surface area contributed by atoms with Crippen LogP contribution in [0.1, 0.15) is 44.9 Å². The molecule has 184 valence electrons. The molecule has 0 aromatic rings. The minimum absolute atomic E-state index is 0.00140. The number of allylic oxidation sites excluding steroid dienone is 3. The Balaban J connectivity index is 1.19. The molecule has 1 amide bonds. The highest BCUT2D eigenvalue weighted by atomic mass is 16.5. The van der Waals surface area contributed by atoms with Crippen molar-refractivity contribution in [2.24, 2.45) is 11.8 Å². The maximum atomic E-state index is 12.3. The number of ether oxygens (including phenoxy) is 1. The predicted molar refractivity (Wildman–Crippen MR) is 126 cm³/mol. The topological polar surface area (TPSA) is 110 Å². The molecule has 3 aliphatic heterocycles. The Morgan fingerprint density at radius 2 is 2.09 bits per heavy atom. The van der Waals surface area contributed by atoms with E-state index in [0.717, 1.165) is 71.5 Å². The number of carbonyl (C=O) groups excluding carboxylic acids is 1. The largest absolute Gasteiger partial charge is 0.395 e. The van der Waals surface area contributed by atoms with Gasteiger partial charge in [0.05, 0.1) is 32.0 Å². The number of aliphatic hydroxyl groups is 1. The van der Waals surface area contributed by atoms with Gasteiger partial charge in [0.1, 0.15) is 0 Å². The Labute approximate surface area is 196 Å². The van der Waals surface area contributed by atoms with E-state index in [-0.39, 0.29) is 18.4 Å². The maximum Gasteiger partial charge on any atom is 0.223 e. The first-order valence-electron chi connectivity index (χ1n) is 12.8.